The van der Waals surface area contributed by atoms with E-state index in [2.05, 4.69) is 63.0 Å². The van der Waals surface area contributed by atoms with Crippen molar-refractivity contribution < 1.29 is 0 Å². The lowest BCUT2D eigenvalue weighted by Crippen LogP contribution is -2.22. The average Bonchev–Trinajstić information content (AvgIpc) is 2.51. The lowest BCUT2D eigenvalue weighted by molar-refractivity contribution is 0.789. The number of rotatable bonds is 2. The molecule has 0 saturated heterocycles. The maximum atomic E-state index is 12.6. The number of pyridine rings is 1. The molecule has 21 heavy (non-hydrogen) atoms. The summed E-state index contributed by atoms with van der Waals surface area (Å²) in [6.07, 6.45) is 0. The number of aromatic nitrogens is 1. The first-order valence-electron chi connectivity index (χ1n) is 6.60. The molecule has 1 aromatic heterocycles. The van der Waals surface area contributed by atoms with E-state index in [1.165, 1.54) is 5.56 Å². The van der Waals surface area contributed by atoms with E-state index in [1.807, 2.05) is 24.3 Å². The summed E-state index contributed by atoms with van der Waals surface area (Å²) in [6.45, 7) is 2.62. The van der Waals surface area contributed by atoms with Crippen LogP contribution in [0.4, 0.5) is 0 Å². The van der Waals surface area contributed by atoms with Gasteiger partial charge < -0.3 is 4.57 Å². The van der Waals surface area contributed by atoms with Gasteiger partial charge in [-0.1, -0.05) is 48.0 Å². The van der Waals surface area contributed by atoms with E-state index in [-0.39, 0.29) is 5.56 Å². The molecular formula is C17H13Br2NO. The fraction of sp³-hybridized carbons (Fsp3) is 0.118. The Bertz CT molecular complexity index is 866. The fourth-order valence-electron chi connectivity index (χ4n) is 2.37. The molecule has 106 valence electrons. The molecule has 0 unspecified atom stereocenters. The van der Waals surface area contributed by atoms with E-state index in [0.29, 0.717) is 11.0 Å². The number of aryl methyl sites for hydroxylation is 1. The van der Waals surface area contributed by atoms with Gasteiger partial charge in [0.15, 0.2) is 0 Å². The molecule has 0 atom stereocenters. The van der Waals surface area contributed by atoms with E-state index in [1.54, 1.807) is 4.57 Å². The number of fused-ring (bicyclic) bond motifs is 1. The van der Waals surface area contributed by atoms with Gasteiger partial charge in [0.25, 0.3) is 5.56 Å². The monoisotopic (exact) mass is 405 g/mol. The highest BCUT2D eigenvalue weighted by Gasteiger charge is 2.12. The molecule has 0 aliphatic carbocycles. The van der Waals surface area contributed by atoms with Crippen LogP contribution in [0.25, 0.3) is 10.9 Å². The fourth-order valence-corrected chi connectivity index (χ4v) is 3.30. The van der Waals surface area contributed by atoms with Gasteiger partial charge in [-0.05, 0) is 50.4 Å². The molecule has 4 heteroatoms. The van der Waals surface area contributed by atoms with Crippen molar-refractivity contribution in [1.29, 1.82) is 0 Å². The van der Waals surface area contributed by atoms with Crippen LogP contribution in [-0.2, 0) is 6.54 Å². The summed E-state index contributed by atoms with van der Waals surface area (Å²) >= 11 is 6.90. The first-order chi connectivity index (χ1) is 10.1. The summed E-state index contributed by atoms with van der Waals surface area (Å²) < 4.78 is 3.17. The Morgan fingerprint density at radius 2 is 1.62 bits per heavy atom. The van der Waals surface area contributed by atoms with Gasteiger partial charge in [0.1, 0.15) is 0 Å². The predicted molar refractivity (Wildman–Crippen MR) is 93.9 cm³/mol. The summed E-state index contributed by atoms with van der Waals surface area (Å²) in [7, 11) is 0. The van der Waals surface area contributed by atoms with Gasteiger partial charge in [-0.25, -0.2) is 0 Å². The highest BCUT2D eigenvalue weighted by Crippen LogP contribution is 2.28. The third-order valence-electron chi connectivity index (χ3n) is 3.52. The number of nitrogens with zero attached hydrogens (tertiary/aromatic N) is 1. The third kappa shape index (κ3) is 2.70. The zero-order valence-corrected chi connectivity index (χ0v) is 14.6. The van der Waals surface area contributed by atoms with Crippen LogP contribution in [0.1, 0.15) is 11.1 Å². The number of hydrogen-bond acceptors (Lipinski definition) is 1. The van der Waals surface area contributed by atoms with Crippen molar-refractivity contribution in [3.8, 4) is 0 Å². The van der Waals surface area contributed by atoms with Crippen molar-refractivity contribution in [2.45, 2.75) is 13.5 Å². The van der Waals surface area contributed by atoms with Crippen molar-refractivity contribution >= 4 is 42.8 Å². The molecule has 0 saturated carbocycles. The molecule has 0 spiro atoms. The highest BCUT2D eigenvalue weighted by atomic mass is 79.9. The molecule has 0 bridgehead atoms. The SMILES string of the molecule is Cc1ccc(Cn2c(=O)c(Br)c(Br)c3ccccc32)cc1. The number of halogens is 2. The summed E-state index contributed by atoms with van der Waals surface area (Å²) in [4.78, 5) is 12.6. The van der Waals surface area contributed by atoms with Gasteiger partial charge in [0, 0.05) is 9.86 Å². The van der Waals surface area contributed by atoms with Crippen molar-refractivity contribution in [3.05, 3.63) is 79.0 Å². The lowest BCUT2D eigenvalue weighted by Gasteiger charge is -2.13. The molecule has 0 fully saturated rings. The molecule has 0 radical (unpaired) electrons. The molecule has 0 aliphatic rings. The van der Waals surface area contributed by atoms with Crippen molar-refractivity contribution in [1.82, 2.24) is 4.57 Å². The molecule has 3 aromatic rings. The van der Waals surface area contributed by atoms with E-state index in [4.69, 9.17) is 0 Å². The van der Waals surface area contributed by atoms with Crippen LogP contribution in [0.2, 0.25) is 0 Å². The Morgan fingerprint density at radius 3 is 2.33 bits per heavy atom. The van der Waals surface area contributed by atoms with Crippen LogP contribution in [0, 0.1) is 6.92 Å². The predicted octanol–water partition coefficient (Wildman–Crippen LogP) is 4.88. The Morgan fingerprint density at radius 1 is 0.952 bits per heavy atom. The summed E-state index contributed by atoms with van der Waals surface area (Å²) in [5.41, 5.74) is 3.23. The average molecular weight is 407 g/mol. The Balaban J connectivity index is 2.22. The van der Waals surface area contributed by atoms with Crippen molar-refractivity contribution in [3.63, 3.8) is 0 Å². The van der Waals surface area contributed by atoms with Crippen LogP contribution in [-0.4, -0.2) is 4.57 Å². The second-order valence-corrected chi connectivity index (χ2v) is 6.61. The van der Waals surface area contributed by atoms with E-state index in [9.17, 15) is 4.79 Å². The van der Waals surface area contributed by atoms with Gasteiger partial charge in [-0.2, -0.15) is 0 Å². The zero-order valence-electron chi connectivity index (χ0n) is 11.4. The molecule has 2 nitrogen and oxygen atoms in total. The summed E-state index contributed by atoms with van der Waals surface area (Å²) in [6, 6.07) is 16.2. The van der Waals surface area contributed by atoms with Crippen LogP contribution in [0.3, 0.4) is 0 Å². The molecule has 0 aliphatic heterocycles. The van der Waals surface area contributed by atoms with Crippen LogP contribution in [0.15, 0.2) is 62.3 Å². The van der Waals surface area contributed by atoms with Gasteiger partial charge in [-0.3, -0.25) is 4.79 Å². The Kier molecular flexibility index (Phi) is 4.00. The minimum atomic E-state index is -0.0267. The number of hydrogen-bond donors (Lipinski definition) is 0. The van der Waals surface area contributed by atoms with Crippen LogP contribution in [0.5, 0.6) is 0 Å². The normalized spacial score (nSPS) is 11.0. The molecule has 1 heterocycles. The van der Waals surface area contributed by atoms with E-state index >= 15 is 0 Å². The zero-order chi connectivity index (χ0) is 15.0. The maximum absolute atomic E-state index is 12.6. The summed E-state index contributed by atoms with van der Waals surface area (Å²) in [5, 5.41) is 1.02. The largest absolute Gasteiger partial charge is 0.303 e. The maximum Gasteiger partial charge on any atom is 0.266 e. The minimum absolute atomic E-state index is 0.0267. The number of benzene rings is 2. The molecule has 0 amide bonds. The Labute approximate surface area is 139 Å². The molecule has 0 N–H and O–H groups in total. The second-order valence-electron chi connectivity index (χ2n) is 5.02. The van der Waals surface area contributed by atoms with Gasteiger partial charge in [-0.15, -0.1) is 0 Å². The van der Waals surface area contributed by atoms with Crippen molar-refractivity contribution in [2.75, 3.05) is 0 Å². The molecule has 2 aromatic carbocycles. The molecule has 3 rings (SSSR count). The lowest BCUT2D eigenvalue weighted by atomic mass is 10.1. The van der Waals surface area contributed by atoms with Crippen LogP contribution < -0.4 is 5.56 Å². The van der Waals surface area contributed by atoms with E-state index in [0.717, 1.165) is 20.9 Å². The van der Waals surface area contributed by atoms with Crippen LogP contribution >= 0.6 is 31.9 Å². The first-order valence-corrected chi connectivity index (χ1v) is 8.18. The smallest absolute Gasteiger partial charge is 0.266 e. The van der Waals surface area contributed by atoms with Gasteiger partial charge >= 0.3 is 0 Å². The highest BCUT2D eigenvalue weighted by molar-refractivity contribution is 9.13. The second kappa shape index (κ2) is 5.78. The van der Waals surface area contributed by atoms with Gasteiger partial charge in [0.05, 0.1) is 16.5 Å². The standard InChI is InChI=1S/C17H13Br2NO/c1-11-6-8-12(9-7-11)10-20-14-5-3-2-4-13(14)15(18)16(19)17(20)21/h2-9H,10H2,1H3. The number of para-hydroxylation sites is 1. The van der Waals surface area contributed by atoms with Gasteiger partial charge in [0.2, 0.25) is 0 Å². The Hall–Kier alpha value is -1.39. The first kappa shape index (κ1) is 14.5. The minimum Gasteiger partial charge on any atom is -0.303 e. The summed E-state index contributed by atoms with van der Waals surface area (Å²) in [5.74, 6) is 0. The van der Waals surface area contributed by atoms with Crippen molar-refractivity contribution in [2.24, 2.45) is 0 Å². The quantitative estimate of drug-likeness (QED) is 0.594. The topological polar surface area (TPSA) is 22.0 Å². The molecular weight excluding hydrogens is 394 g/mol. The van der Waals surface area contributed by atoms with E-state index < -0.39 is 0 Å². The third-order valence-corrected chi connectivity index (χ3v) is 5.61.